The number of carbonyl (C=O) groups is 1. The van der Waals surface area contributed by atoms with Gasteiger partial charge in [-0.2, -0.15) is 0 Å². The molecule has 3 rings (SSSR count). The van der Waals surface area contributed by atoms with Gasteiger partial charge in [-0.05, 0) is 74.8 Å². The molecular weight excluding hydrogens is 344 g/mol. The van der Waals surface area contributed by atoms with Crippen LogP contribution in [0.15, 0.2) is 24.3 Å². The Bertz CT molecular complexity index is 772. The van der Waals surface area contributed by atoms with Gasteiger partial charge >= 0.3 is 0 Å². The van der Waals surface area contributed by atoms with Crippen LogP contribution in [0.3, 0.4) is 0 Å². The topological polar surface area (TPSA) is 99.2 Å². The zero-order chi connectivity index (χ0) is 19.6. The number of nitrogens with zero attached hydrogens (tertiary/aromatic N) is 5. The minimum absolute atomic E-state index is 0.0589. The van der Waals surface area contributed by atoms with Gasteiger partial charge in [0.25, 0.3) is 0 Å². The third-order valence-corrected chi connectivity index (χ3v) is 5.10. The number of methoxy groups -OCH3 is 1. The van der Waals surface area contributed by atoms with Crippen molar-refractivity contribution in [3.8, 4) is 5.75 Å². The van der Waals surface area contributed by atoms with Crippen LogP contribution in [-0.2, 0) is 10.3 Å². The van der Waals surface area contributed by atoms with Crippen LogP contribution in [0.1, 0.15) is 51.0 Å². The molecule has 8 heteroatoms. The average Bonchev–Trinajstić information content (AvgIpc) is 3.13. The second-order valence-corrected chi connectivity index (χ2v) is 8.01. The first-order chi connectivity index (χ1) is 12.8. The number of nitrogens with two attached hydrogens (primary N) is 1. The van der Waals surface area contributed by atoms with Crippen molar-refractivity contribution in [3.05, 3.63) is 35.7 Å². The van der Waals surface area contributed by atoms with Crippen molar-refractivity contribution in [1.29, 1.82) is 0 Å². The van der Waals surface area contributed by atoms with E-state index in [1.807, 2.05) is 28.9 Å². The average molecular weight is 372 g/mol. The number of primary amides is 1. The molecule has 0 bridgehead atoms. The van der Waals surface area contributed by atoms with Crippen molar-refractivity contribution in [3.63, 3.8) is 0 Å². The van der Waals surface area contributed by atoms with Crippen LogP contribution in [-0.4, -0.2) is 51.2 Å². The maximum absolute atomic E-state index is 11.5. The molecule has 1 aromatic carbocycles. The number of hydrogen-bond acceptors (Lipinski definition) is 6. The molecule has 0 radical (unpaired) electrons. The van der Waals surface area contributed by atoms with E-state index in [-0.39, 0.29) is 23.4 Å². The van der Waals surface area contributed by atoms with Gasteiger partial charge in [-0.3, -0.25) is 9.69 Å². The van der Waals surface area contributed by atoms with Crippen LogP contribution in [0.2, 0.25) is 0 Å². The van der Waals surface area contributed by atoms with E-state index < -0.39 is 0 Å². The molecule has 0 spiro atoms. The van der Waals surface area contributed by atoms with Gasteiger partial charge in [-0.25, -0.2) is 4.68 Å². The fourth-order valence-electron chi connectivity index (χ4n) is 3.59. The molecule has 1 saturated heterocycles. The molecule has 1 atom stereocenters. The molecule has 0 aliphatic carbocycles. The molecule has 8 nitrogen and oxygen atoms in total. The predicted octanol–water partition coefficient (Wildman–Crippen LogP) is 1.72. The first-order valence-electron chi connectivity index (χ1n) is 9.27. The summed E-state index contributed by atoms with van der Waals surface area (Å²) in [6.07, 6.45) is 1.50. The summed E-state index contributed by atoms with van der Waals surface area (Å²) < 4.78 is 7.17. The molecule has 1 aromatic heterocycles. The van der Waals surface area contributed by atoms with Crippen molar-refractivity contribution in [1.82, 2.24) is 25.1 Å². The number of piperidine rings is 1. The molecule has 146 valence electrons. The Labute approximate surface area is 159 Å². The number of likely N-dealkylation sites (tertiary alicyclic amines) is 1. The highest BCUT2D eigenvalue weighted by molar-refractivity contribution is 5.76. The minimum atomic E-state index is -0.241. The standard InChI is InChI=1S/C19H28N6O2/c1-19(2,3)25-18(21-22-23-25)16(13-5-7-15(27-4)8-6-13)24-11-9-14(10-12-24)17(20)26/h5-8,14,16H,9-12H2,1-4H3,(H2,20,26). The van der Waals surface area contributed by atoms with Crippen LogP contribution in [0.5, 0.6) is 5.75 Å². The summed E-state index contributed by atoms with van der Waals surface area (Å²) in [4.78, 5) is 13.9. The molecule has 0 saturated carbocycles. The molecule has 1 aliphatic rings. The van der Waals surface area contributed by atoms with Crippen molar-refractivity contribution in [2.45, 2.75) is 45.2 Å². The second-order valence-electron chi connectivity index (χ2n) is 8.01. The predicted molar refractivity (Wildman–Crippen MR) is 101 cm³/mol. The van der Waals surface area contributed by atoms with E-state index in [4.69, 9.17) is 10.5 Å². The van der Waals surface area contributed by atoms with Crippen molar-refractivity contribution >= 4 is 5.91 Å². The molecule has 1 fully saturated rings. The highest BCUT2D eigenvalue weighted by atomic mass is 16.5. The Morgan fingerprint density at radius 3 is 2.37 bits per heavy atom. The maximum atomic E-state index is 11.5. The molecule has 1 amide bonds. The number of amides is 1. The van der Waals surface area contributed by atoms with E-state index in [2.05, 4.69) is 41.2 Å². The van der Waals surface area contributed by atoms with Gasteiger partial charge in [0.1, 0.15) is 5.75 Å². The lowest BCUT2D eigenvalue weighted by molar-refractivity contribution is -0.123. The van der Waals surface area contributed by atoms with Crippen LogP contribution >= 0.6 is 0 Å². The summed E-state index contributed by atoms with van der Waals surface area (Å²) in [5, 5.41) is 12.5. The van der Waals surface area contributed by atoms with Crippen molar-refractivity contribution in [2.24, 2.45) is 11.7 Å². The van der Waals surface area contributed by atoms with Crippen LogP contribution in [0.4, 0.5) is 0 Å². The first kappa shape index (κ1) is 19.3. The number of tetrazole rings is 1. The quantitative estimate of drug-likeness (QED) is 0.858. The summed E-state index contributed by atoms with van der Waals surface area (Å²) in [6.45, 7) is 7.77. The summed E-state index contributed by atoms with van der Waals surface area (Å²) in [6, 6.07) is 7.89. The van der Waals surface area contributed by atoms with Gasteiger partial charge in [-0.1, -0.05) is 12.1 Å². The maximum Gasteiger partial charge on any atom is 0.220 e. The van der Waals surface area contributed by atoms with Crippen LogP contribution in [0.25, 0.3) is 0 Å². The number of carbonyl (C=O) groups excluding carboxylic acids is 1. The smallest absolute Gasteiger partial charge is 0.220 e. The molecule has 27 heavy (non-hydrogen) atoms. The lowest BCUT2D eigenvalue weighted by Crippen LogP contribution is -2.42. The summed E-state index contributed by atoms with van der Waals surface area (Å²) in [5.74, 6) is 1.33. The molecular formula is C19H28N6O2. The monoisotopic (exact) mass is 372 g/mol. The Morgan fingerprint density at radius 2 is 1.85 bits per heavy atom. The molecule has 1 aliphatic heterocycles. The van der Waals surface area contributed by atoms with Gasteiger partial charge in [0.05, 0.1) is 18.7 Å². The number of aromatic nitrogens is 4. The van der Waals surface area contributed by atoms with E-state index in [0.717, 1.165) is 43.1 Å². The number of hydrogen-bond donors (Lipinski definition) is 1. The molecule has 2 aromatic rings. The van der Waals surface area contributed by atoms with E-state index in [9.17, 15) is 4.79 Å². The summed E-state index contributed by atoms with van der Waals surface area (Å²) in [5.41, 5.74) is 6.35. The highest BCUT2D eigenvalue weighted by Crippen LogP contribution is 2.33. The molecule has 1 unspecified atom stereocenters. The zero-order valence-electron chi connectivity index (χ0n) is 16.4. The van der Waals surface area contributed by atoms with E-state index in [1.165, 1.54) is 0 Å². The van der Waals surface area contributed by atoms with Crippen molar-refractivity contribution < 1.29 is 9.53 Å². The van der Waals surface area contributed by atoms with E-state index >= 15 is 0 Å². The number of benzene rings is 1. The van der Waals surface area contributed by atoms with Gasteiger partial charge in [0, 0.05) is 5.92 Å². The third kappa shape index (κ3) is 4.10. The van der Waals surface area contributed by atoms with Gasteiger partial charge in [0.15, 0.2) is 5.82 Å². The summed E-state index contributed by atoms with van der Waals surface area (Å²) in [7, 11) is 1.65. The fraction of sp³-hybridized carbons (Fsp3) is 0.579. The Hall–Kier alpha value is -2.48. The number of ether oxygens (including phenoxy) is 1. The largest absolute Gasteiger partial charge is 0.497 e. The lowest BCUT2D eigenvalue weighted by atomic mass is 9.93. The van der Waals surface area contributed by atoms with E-state index in [1.54, 1.807) is 7.11 Å². The Kier molecular flexibility index (Phi) is 5.46. The Morgan fingerprint density at radius 1 is 1.22 bits per heavy atom. The van der Waals surface area contributed by atoms with Crippen LogP contribution < -0.4 is 10.5 Å². The van der Waals surface area contributed by atoms with Crippen LogP contribution in [0, 0.1) is 5.92 Å². The number of rotatable bonds is 5. The van der Waals surface area contributed by atoms with E-state index in [0.29, 0.717) is 0 Å². The molecule has 2 N–H and O–H groups in total. The first-order valence-corrected chi connectivity index (χ1v) is 9.27. The second kappa shape index (κ2) is 7.64. The van der Waals surface area contributed by atoms with Gasteiger partial charge in [-0.15, -0.1) is 5.10 Å². The minimum Gasteiger partial charge on any atom is -0.497 e. The Balaban J connectivity index is 1.97. The normalized spacial score (nSPS) is 17.6. The highest BCUT2D eigenvalue weighted by Gasteiger charge is 2.34. The van der Waals surface area contributed by atoms with Gasteiger partial charge in [0.2, 0.25) is 5.91 Å². The zero-order valence-corrected chi connectivity index (χ0v) is 16.4. The summed E-state index contributed by atoms with van der Waals surface area (Å²) >= 11 is 0. The van der Waals surface area contributed by atoms with Crippen molar-refractivity contribution in [2.75, 3.05) is 20.2 Å². The lowest BCUT2D eigenvalue weighted by Gasteiger charge is -2.37. The SMILES string of the molecule is COc1ccc(C(c2nnnn2C(C)(C)C)N2CCC(C(N)=O)CC2)cc1. The van der Waals surface area contributed by atoms with Gasteiger partial charge < -0.3 is 10.5 Å². The third-order valence-electron chi connectivity index (χ3n) is 5.10. The molecule has 2 heterocycles. The fourth-order valence-corrected chi connectivity index (χ4v) is 3.59.